The molecule has 0 unspecified atom stereocenters. The van der Waals surface area contributed by atoms with Crippen molar-refractivity contribution in [2.75, 3.05) is 11.9 Å². The lowest BCUT2D eigenvalue weighted by atomic mass is 10.2. The molecule has 33 heavy (non-hydrogen) atoms. The van der Waals surface area contributed by atoms with Crippen molar-refractivity contribution >= 4 is 51.2 Å². The Morgan fingerprint density at radius 3 is 2.64 bits per heavy atom. The van der Waals surface area contributed by atoms with Gasteiger partial charge in [-0.3, -0.25) is 4.79 Å². The van der Waals surface area contributed by atoms with Crippen LogP contribution in [0.25, 0.3) is 11.1 Å². The summed E-state index contributed by atoms with van der Waals surface area (Å²) in [6, 6.07) is 12.4. The Morgan fingerprint density at radius 2 is 1.88 bits per heavy atom. The molecule has 1 aliphatic rings. The Kier molecular flexibility index (Phi) is 6.76. The first kappa shape index (κ1) is 23.7. The molecule has 2 aromatic heterocycles. The number of thioether (sulfide) groups is 1. The molecular formula is C23H18ClF2N3OS3. The van der Waals surface area contributed by atoms with Gasteiger partial charge in [0.15, 0.2) is 18.6 Å². The van der Waals surface area contributed by atoms with E-state index in [4.69, 9.17) is 0 Å². The second-order valence-corrected chi connectivity index (χ2v) is 10.3. The zero-order valence-corrected chi connectivity index (χ0v) is 20.8. The SMILES string of the molecule is CN1/C(=c2\s/c(=C\c3scc[n+]3Cc3ccccc3)n(C)c2=O)Sc2cc(F)cc(F)c21.[Cl-]. The average Bonchev–Trinajstić information content (AvgIpc) is 3.41. The Labute approximate surface area is 207 Å². The van der Waals surface area contributed by atoms with Gasteiger partial charge in [0.25, 0.3) is 10.6 Å². The van der Waals surface area contributed by atoms with E-state index in [1.54, 1.807) is 34.9 Å². The minimum absolute atomic E-state index is 0. The number of hydrogen-bond donors (Lipinski definition) is 0. The maximum absolute atomic E-state index is 14.4. The highest BCUT2D eigenvalue weighted by molar-refractivity contribution is 8.08. The first-order valence-electron chi connectivity index (χ1n) is 9.75. The number of halogens is 3. The highest BCUT2D eigenvalue weighted by atomic mass is 35.5. The first-order chi connectivity index (χ1) is 15.4. The van der Waals surface area contributed by atoms with Gasteiger partial charge >= 0.3 is 0 Å². The fraction of sp³-hybridized carbons (Fsp3) is 0.130. The van der Waals surface area contributed by atoms with Crippen LogP contribution in [-0.4, -0.2) is 11.6 Å². The Bertz CT molecular complexity index is 1510. The molecule has 0 bridgehead atoms. The number of benzene rings is 2. The summed E-state index contributed by atoms with van der Waals surface area (Å²) < 4.78 is 33.1. The van der Waals surface area contributed by atoms with Gasteiger partial charge < -0.3 is 21.9 Å². The molecule has 0 radical (unpaired) electrons. The number of aromatic nitrogens is 2. The van der Waals surface area contributed by atoms with Crippen LogP contribution in [0.2, 0.25) is 0 Å². The van der Waals surface area contributed by atoms with E-state index in [0.717, 1.165) is 22.3 Å². The molecule has 0 fully saturated rings. The van der Waals surface area contributed by atoms with E-state index in [-0.39, 0.29) is 18.0 Å². The van der Waals surface area contributed by atoms with Crippen LogP contribution < -0.4 is 36.6 Å². The fourth-order valence-electron chi connectivity index (χ4n) is 3.60. The molecule has 0 atom stereocenters. The smallest absolute Gasteiger partial charge is 0.271 e. The molecule has 0 spiro atoms. The van der Waals surface area contributed by atoms with E-state index in [1.165, 1.54) is 34.7 Å². The molecule has 0 saturated carbocycles. The Hall–Kier alpha value is -2.46. The molecule has 5 rings (SSSR count). The lowest BCUT2D eigenvalue weighted by molar-refractivity contribution is -0.685. The van der Waals surface area contributed by atoms with Crippen LogP contribution in [0.5, 0.6) is 0 Å². The molecular weight excluding hydrogens is 504 g/mol. The van der Waals surface area contributed by atoms with E-state index in [0.29, 0.717) is 20.1 Å². The number of hydrogen-bond acceptors (Lipinski definition) is 5. The summed E-state index contributed by atoms with van der Waals surface area (Å²) in [5.74, 6) is -1.26. The summed E-state index contributed by atoms with van der Waals surface area (Å²) in [7, 11) is 3.43. The van der Waals surface area contributed by atoms with Crippen molar-refractivity contribution in [3.8, 4) is 0 Å². The van der Waals surface area contributed by atoms with Crippen LogP contribution in [0, 0.1) is 11.6 Å². The lowest BCUT2D eigenvalue weighted by Crippen LogP contribution is -3.00. The molecule has 4 aromatic rings. The molecule has 170 valence electrons. The molecule has 2 aromatic carbocycles. The topological polar surface area (TPSA) is 29.1 Å². The van der Waals surface area contributed by atoms with Gasteiger partial charge in [0.2, 0.25) is 0 Å². The van der Waals surface area contributed by atoms with Gasteiger partial charge in [0, 0.05) is 30.6 Å². The quantitative estimate of drug-likeness (QED) is 0.362. The molecule has 0 amide bonds. The number of fused-ring (bicyclic) bond motifs is 1. The largest absolute Gasteiger partial charge is 1.00 e. The van der Waals surface area contributed by atoms with Gasteiger partial charge in [0.05, 0.1) is 17.1 Å². The second kappa shape index (κ2) is 9.42. The monoisotopic (exact) mass is 521 g/mol. The maximum Gasteiger partial charge on any atom is 0.271 e. The van der Waals surface area contributed by atoms with Gasteiger partial charge in [-0.05, 0) is 6.07 Å². The predicted molar refractivity (Wildman–Crippen MR) is 126 cm³/mol. The van der Waals surface area contributed by atoms with Gasteiger partial charge in [0.1, 0.15) is 20.0 Å². The normalized spacial score (nSPS) is 15.0. The predicted octanol–water partition coefficient (Wildman–Crippen LogP) is 0.263. The van der Waals surface area contributed by atoms with Crippen LogP contribution in [0.1, 0.15) is 10.6 Å². The van der Waals surface area contributed by atoms with Crippen LogP contribution in [0.15, 0.2) is 63.7 Å². The minimum Gasteiger partial charge on any atom is -1.00 e. The van der Waals surface area contributed by atoms with E-state index in [9.17, 15) is 13.6 Å². The zero-order valence-electron chi connectivity index (χ0n) is 17.6. The van der Waals surface area contributed by atoms with Gasteiger partial charge in [-0.2, -0.15) is 4.57 Å². The number of nitrogens with zero attached hydrogens (tertiary/aromatic N) is 3. The third-order valence-corrected chi connectivity index (χ3v) is 8.58. The third-order valence-electron chi connectivity index (χ3n) is 5.23. The van der Waals surface area contributed by atoms with Gasteiger partial charge in [-0.1, -0.05) is 53.4 Å². The summed E-state index contributed by atoms with van der Waals surface area (Å²) >= 11 is 4.17. The molecule has 0 saturated heterocycles. The standard InChI is InChI=1S/C23H18F2N3OS3.ClH/c1-26-18(12-19-28(8-9-30-19)13-14-6-4-3-5-7-14)32-21(22(26)29)23-27(2)20-16(25)10-15(24)11-17(20)31-23;/h3-12H,13H2,1-2H3;1H/q+1;/p-1/b23-21+;. The van der Waals surface area contributed by atoms with Crippen molar-refractivity contribution in [2.24, 2.45) is 7.05 Å². The van der Waals surface area contributed by atoms with Crippen LogP contribution in [-0.2, 0) is 13.6 Å². The van der Waals surface area contributed by atoms with E-state index in [1.807, 2.05) is 35.9 Å². The molecule has 3 heterocycles. The highest BCUT2D eigenvalue weighted by Crippen LogP contribution is 2.47. The van der Waals surface area contributed by atoms with E-state index >= 15 is 0 Å². The summed E-state index contributed by atoms with van der Waals surface area (Å²) in [5, 5.41) is 3.65. The summed E-state index contributed by atoms with van der Waals surface area (Å²) in [5.41, 5.74) is 1.33. The van der Waals surface area contributed by atoms with Crippen molar-refractivity contribution in [2.45, 2.75) is 11.4 Å². The third kappa shape index (κ3) is 4.38. The minimum atomic E-state index is -0.634. The number of rotatable bonds is 3. The Balaban J connectivity index is 0.00000259. The molecule has 4 nitrogen and oxygen atoms in total. The summed E-state index contributed by atoms with van der Waals surface area (Å²) in [6.45, 7) is 0.735. The number of anilines is 1. The number of thiazole rings is 2. The fourth-order valence-corrected chi connectivity index (χ4v) is 6.88. The average molecular weight is 522 g/mol. The van der Waals surface area contributed by atoms with Crippen molar-refractivity contribution in [1.82, 2.24) is 4.57 Å². The van der Waals surface area contributed by atoms with Crippen LogP contribution in [0.3, 0.4) is 0 Å². The zero-order chi connectivity index (χ0) is 22.4. The van der Waals surface area contributed by atoms with E-state index in [2.05, 4.69) is 16.7 Å². The first-order valence-corrected chi connectivity index (χ1v) is 12.3. The summed E-state index contributed by atoms with van der Waals surface area (Å²) in [4.78, 5) is 15.2. The molecule has 0 aliphatic carbocycles. The molecule has 10 heteroatoms. The van der Waals surface area contributed by atoms with Crippen molar-refractivity contribution < 1.29 is 25.8 Å². The molecule has 0 N–H and O–H groups in total. The van der Waals surface area contributed by atoms with Crippen molar-refractivity contribution in [3.63, 3.8) is 0 Å². The maximum atomic E-state index is 14.4. The van der Waals surface area contributed by atoms with Gasteiger partial charge in [-0.15, -0.1) is 11.3 Å². The van der Waals surface area contributed by atoms with Gasteiger partial charge in [-0.25, -0.2) is 8.78 Å². The van der Waals surface area contributed by atoms with Crippen molar-refractivity contribution in [1.29, 1.82) is 0 Å². The second-order valence-electron chi connectivity index (χ2n) is 7.33. The van der Waals surface area contributed by atoms with Crippen molar-refractivity contribution in [3.05, 3.63) is 95.8 Å². The van der Waals surface area contributed by atoms with Crippen LogP contribution >= 0.6 is 34.4 Å². The summed E-state index contributed by atoms with van der Waals surface area (Å²) in [6.07, 6.45) is 4.02. The Morgan fingerprint density at radius 1 is 1.12 bits per heavy atom. The van der Waals surface area contributed by atoms with E-state index < -0.39 is 11.6 Å². The van der Waals surface area contributed by atoms with Crippen LogP contribution in [0.4, 0.5) is 14.5 Å². The molecule has 1 aliphatic heterocycles. The lowest BCUT2D eigenvalue weighted by Gasteiger charge is -2.13. The highest BCUT2D eigenvalue weighted by Gasteiger charge is 2.28.